The lowest BCUT2D eigenvalue weighted by Crippen LogP contribution is -2.42. The Morgan fingerprint density at radius 3 is 2.48 bits per heavy atom. The Bertz CT molecular complexity index is 761. The molecule has 1 aromatic carbocycles. The average Bonchev–Trinajstić information content (AvgIpc) is 3.10. The van der Waals surface area contributed by atoms with Crippen molar-refractivity contribution in [3.05, 3.63) is 51.7 Å². The molecule has 1 aromatic heterocycles. The van der Waals surface area contributed by atoms with Gasteiger partial charge in [0, 0.05) is 5.69 Å². The molecule has 6 nitrogen and oxygen atoms in total. The van der Waals surface area contributed by atoms with Gasteiger partial charge >= 0.3 is 0 Å². The Kier molecular flexibility index (Phi) is 7.03. The first-order valence-electron chi connectivity index (χ1n) is 7.53. The van der Waals surface area contributed by atoms with Gasteiger partial charge < -0.3 is 5.32 Å². The lowest BCUT2D eigenvalue weighted by molar-refractivity contribution is -0.119. The number of thiophene rings is 1. The molecule has 3 amide bonds. The first-order chi connectivity index (χ1) is 12.0. The number of carbonyl (C=O) groups is 3. The standard InChI is InChI=1S/C17H19N3O3S2/c1-11-5-6-13(12(2)8-11)18-15(21)9-24-10-16(22)19-20-17(23)14-4-3-7-25-14/h3-8H,9-10H2,1-2H3,(H,18,21)(H,19,22)(H,20,23). The molecule has 0 aliphatic heterocycles. The summed E-state index contributed by atoms with van der Waals surface area (Å²) in [6, 6.07) is 9.20. The van der Waals surface area contributed by atoms with Crippen LogP contribution in [0.4, 0.5) is 5.69 Å². The van der Waals surface area contributed by atoms with Gasteiger partial charge in [-0.3, -0.25) is 25.2 Å². The van der Waals surface area contributed by atoms with Crippen molar-refractivity contribution in [2.24, 2.45) is 0 Å². The van der Waals surface area contributed by atoms with Gasteiger partial charge in [0.15, 0.2) is 0 Å². The van der Waals surface area contributed by atoms with Crippen molar-refractivity contribution in [1.29, 1.82) is 0 Å². The van der Waals surface area contributed by atoms with Crippen LogP contribution in [0.2, 0.25) is 0 Å². The lowest BCUT2D eigenvalue weighted by Gasteiger charge is -2.09. The molecule has 0 saturated carbocycles. The summed E-state index contributed by atoms with van der Waals surface area (Å²) in [5, 5.41) is 4.60. The summed E-state index contributed by atoms with van der Waals surface area (Å²) in [5.74, 6) is -0.674. The van der Waals surface area contributed by atoms with Crippen molar-refractivity contribution in [2.45, 2.75) is 13.8 Å². The SMILES string of the molecule is Cc1ccc(NC(=O)CSCC(=O)NNC(=O)c2cccs2)c(C)c1. The Hall–Kier alpha value is -2.32. The van der Waals surface area contributed by atoms with Crippen LogP contribution in [-0.4, -0.2) is 29.2 Å². The molecule has 0 radical (unpaired) electrons. The maximum Gasteiger partial charge on any atom is 0.279 e. The highest BCUT2D eigenvalue weighted by molar-refractivity contribution is 8.00. The van der Waals surface area contributed by atoms with Crippen molar-refractivity contribution in [3.8, 4) is 0 Å². The van der Waals surface area contributed by atoms with Crippen LogP contribution in [0.25, 0.3) is 0 Å². The van der Waals surface area contributed by atoms with Crippen molar-refractivity contribution < 1.29 is 14.4 Å². The Morgan fingerprint density at radius 1 is 1.04 bits per heavy atom. The third-order valence-corrected chi connectivity index (χ3v) is 4.98. The van der Waals surface area contributed by atoms with Crippen molar-refractivity contribution >= 4 is 46.5 Å². The molecule has 0 aliphatic carbocycles. The quantitative estimate of drug-likeness (QED) is 0.675. The largest absolute Gasteiger partial charge is 0.325 e. The number of hydrogen-bond acceptors (Lipinski definition) is 5. The summed E-state index contributed by atoms with van der Waals surface area (Å²) in [4.78, 5) is 35.8. The van der Waals surface area contributed by atoms with Gasteiger partial charge in [0.1, 0.15) is 0 Å². The highest BCUT2D eigenvalue weighted by Crippen LogP contribution is 2.16. The fourth-order valence-corrected chi connectivity index (χ4v) is 3.24. The number of thioether (sulfide) groups is 1. The number of hydrazine groups is 1. The third kappa shape index (κ3) is 6.24. The minimum atomic E-state index is -0.366. The predicted octanol–water partition coefficient (Wildman–Crippen LogP) is 2.50. The van der Waals surface area contributed by atoms with E-state index in [0.29, 0.717) is 4.88 Å². The smallest absolute Gasteiger partial charge is 0.279 e. The van der Waals surface area contributed by atoms with Crippen molar-refractivity contribution in [3.63, 3.8) is 0 Å². The number of amides is 3. The van der Waals surface area contributed by atoms with Crippen LogP contribution in [-0.2, 0) is 9.59 Å². The van der Waals surface area contributed by atoms with Crippen LogP contribution in [0, 0.1) is 13.8 Å². The van der Waals surface area contributed by atoms with E-state index in [4.69, 9.17) is 0 Å². The van der Waals surface area contributed by atoms with Gasteiger partial charge in [-0.25, -0.2) is 0 Å². The second-order valence-corrected chi connectivity index (χ2v) is 7.27. The number of nitrogens with one attached hydrogen (secondary N) is 3. The van der Waals surface area contributed by atoms with Crippen LogP contribution in [0.5, 0.6) is 0 Å². The molecule has 2 rings (SSSR count). The molecular formula is C17H19N3O3S2. The molecule has 0 spiro atoms. The molecule has 0 aliphatic rings. The maximum absolute atomic E-state index is 11.9. The fourth-order valence-electron chi connectivity index (χ4n) is 2.01. The van der Waals surface area contributed by atoms with E-state index in [9.17, 15) is 14.4 Å². The maximum atomic E-state index is 11.9. The normalized spacial score (nSPS) is 10.2. The Balaban J connectivity index is 1.66. The van der Waals surface area contributed by atoms with Gasteiger partial charge in [0.05, 0.1) is 16.4 Å². The Labute approximate surface area is 154 Å². The molecule has 8 heteroatoms. The monoisotopic (exact) mass is 377 g/mol. The minimum Gasteiger partial charge on any atom is -0.325 e. The number of hydrogen-bond donors (Lipinski definition) is 3. The number of anilines is 1. The minimum absolute atomic E-state index is 0.0744. The van der Waals surface area contributed by atoms with Gasteiger partial charge in [-0.15, -0.1) is 23.1 Å². The zero-order valence-electron chi connectivity index (χ0n) is 13.9. The van der Waals surface area contributed by atoms with E-state index in [1.807, 2.05) is 32.0 Å². The van der Waals surface area contributed by atoms with Crippen molar-refractivity contribution in [2.75, 3.05) is 16.8 Å². The molecule has 0 unspecified atom stereocenters. The third-order valence-electron chi connectivity index (χ3n) is 3.18. The second-order valence-electron chi connectivity index (χ2n) is 5.34. The molecule has 0 atom stereocenters. The van der Waals surface area contributed by atoms with E-state index in [0.717, 1.165) is 16.8 Å². The lowest BCUT2D eigenvalue weighted by atomic mass is 10.1. The molecule has 0 saturated heterocycles. The molecule has 25 heavy (non-hydrogen) atoms. The van der Waals surface area contributed by atoms with Crippen LogP contribution < -0.4 is 16.2 Å². The van der Waals surface area contributed by atoms with Crippen LogP contribution in [0.1, 0.15) is 20.8 Å². The van der Waals surface area contributed by atoms with E-state index in [1.165, 1.54) is 23.1 Å². The highest BCUT2D eigenvalue weighted by atomic mass is 32.2. The number of carbonyl (C=O) groups excluding carboxylic acids is 3. The number of rotatable bonds is 6. The van der Waals surface area contributed by atoms with Crippen molar-refractivity contribution in [1.82, 2.24) is 10.9 Å². The average molecular weight is 377 g/mol. The van der Waals surface area contributed by atoms with E-state index in [1.54, 1.807) is 17.5 Å². The molecule has 3 N–H and O–H groups in total. The van der Waals surface area contributed by atoms with Gasteiger partial charge in [0.2, 0.25) is 11.8 Å². The van der Waals surface area contributed by atoms with Gasteiger partial charge in [-0.1, -0.05) is 23.8 Å². The molecule has 132 valence electrons. The van der Waals surface area contributed by atoms with Gasteiger partial charge in [-0.2, -0.15) is 0 Å². The molecule has 1 heterocycles. The van der Waals surface area contributed by atoms with Crippen LogP contribution in [0.3, 0.4) is 0 Å². The zero-order valence-corrected chi connectivity index (χ0v) is 15.6. The van der Waals surface area contributed by atoms with E-state index < -0.39 is 0 Å². The zero-order chi connectivity index (χ0) is 18.2. The summed E-state index contributed by atoms with van der Waals surface area (Å²) < 4.78 is 0. The summed E-state index contributed by atoms with van der Waals surface area (Å²) in [7, 11) is 0. The van der Waals surface area contributed by atoms with E-state index in [2.05, 4.69) is 16.2 Å². The van der Waals surface area contributed by atoms with Crippen LogP contribution >= 0.6 is 23.1 Å². The Morgan fingerprint density at radius 2 is 1.80 bits per heavy atom. The van der Waals surface area contributed by atoms with E-state index >= 15 is 0 Å². The van der Waals surface area contributed by atoms with Crippen LogP contribution in [0.15, 0.2) is 35.7 Å². The predicted molar refractivity (Wildman–Crippen MR) is 102 cm³/mol. The van der Waals surface area contributed by atoms with E-state index in [-0.39, 0.29) is 29.2 Å². The molecule has 2 aromatic rings. The molecule has 0 fully saturated rings. The summed E-state index contributed by atoms with van der Waals surface area (Å²) in [6.07, 6.45) is 0. The summed E-state index contributed by atoms with van der Waals surface area (Å²) >= 11 is 2.46. The summed E-state index contributed by atoms with van der Waals surface area (Å²) in [5.41, 5.74) is 7.55. The number of benzene rings is 1. The van der Waals surface area contributed by atoms with Gasteiger partial charge in [0.25, 0.3) is 5.91 Å². The summed E-state index contributed by atoms with van der Waals surface area (Å²) in [6.45, 7) is 3.92. The second kappa shape index (κ2) is 9.24. The number of aryl methyl sites for hydroxylation is 2. The molecular weight excluding hydrogens is 358 g/mol. The first kappa shape index (κ1) is 19.0. The fraction of sp³-hybridized carbons (Fsp3) is 0.235. The highest BCUT2D eigenvalue weighted by Gasteiger charge is 2.10. The van der Waals surface area contributed by atoms with Gasteiger partial charge in [-0.05, 0) is 36.9 Å². The first-order valence-corrected chi connectivity index (χ1v) is 9.56. The molecule has 0 bridgehead atoms. The topological polar surface area (TPSA) is 87.3 Å².